The monoisotopic (exact) mass is 361 g/mol. The van der Waals surface area contributed by atoms with Crippen molar-refractivity contribution in [3.05, 3.63) is 40.6 Å². The second kappa shape index (κ2) is 7.72. The van der Waals surface area contributed by atoms with Gasteiger partial charge in [0.15, 0.2) is 5.16 Å². The zero-order chi connectivity index (χ0) is 16.9. The molecule has 0 saturated carbocycles. The van der Waals surface area contributed by atoms with Gasteiger partial charge in [-0.1, -0.05) is 17.8 Å². The maximum absolute atomic E-state index is 12.2. The molecule has 2 aromatic heterocycles. The number of rotatable bonds is 7. The maximum atomic E-state index is 12.2. The van der Waals surface area contributed by atoms with E-state index in [4.69, 9.17) is 4.74 Å². The van der Waals surface area contributed by atoms with Crippen LogP contribution >= 0.6 is 23.1 Å². The standard InChI is InChI=1S/C17H19N3O2S2/c1-11(16(21)18-8-7-13-4-3-9-23-13)24-17-19-14-6-5-12(22-2)10-15(14)20-17/h3-6,9-11H,7-8H2,1-2H3,(H,18,21)(H,19,20)/t11-/m1/s1. The van der Waals surface area contributed by atoms with E-state index in [2.05, 4.69) is 21.4 Å². The molecule has 126 valence electrons. The Morgan fingerprint density at radius 2 is 2.33 bits per heavy atom. The highest BCUT2D eigenvalue weighted by atomic mass is 32.2. The molecule has 1 atom stereocenters. The lowest BCUT2D eigenvalue weighted by molar-refractivity contribution is -0.120. The predicted molar refractivity (Wildman–Crippen MR) is 99.0 cm³/mol. The van der Waals surface area contributed by atoms with Gasteiger partial charge >= 0.3 is 0 Å². The van der Waals surface area contributed by atoms with E-state index in [-0.39, 0.29) is 11.2 Å². The van der Waals surface area contributed by atoms with Gasteiger partial charge in [-0.25, -0.2) is 4.98 Å². The third-order valence-electron chi connectivity index (χ3n) is 3.58. The molecular formula is C17H19N3O2S2. The minimum absolute atomic E-state index is 0.0228. The fourth-order valence-electron chi connectivity index (χ4n) is 2.28. The van der Waals surface area contributed by atoms with E-state index >= 15 is 0 Å². The van der Waals surface area contributed by atoms with Crippen LogP contribution in [0.25, 0.3) is 11.0 Å². The van der Waals surface area contributed by atoms with Gasteiger partial charge in [0.25, 0.3) is 0 Å². The number of nitrogens with one attached hydrogen (secondary N) is 2. The molecule has 0 spiro atoms. The van der Waals surface area contributed by atoms with Crippen LogP contribution in [-0.4, -0.2) is 34.8 Å². The van der Waals surface area contributed by atoms with Crippen LogP contribution in [0, 0.1) is 0 Å². The summed E-state index contributed by atoms with van der Waals surface area (Å²) in [6.07, 6.45) is 0.866. The fraction of sp³-hybridized carbons (Fsp3) is 0.294. The van der Waals surface area contributed by atoms with Gasteiger partial charge in [-0.2, -0.15) is 0 Å². The van der Waals surface area contributed by atoms with E-state index in [9.17, 15) is 4.79 Å². The third-order valence-corrected chi connectivity index (χ3v) is 5.50. The van der Waals surface area contributed by atoms with E-state index in [0.29, 0.717) is 6.54 Å². The zero-order valence-corrected chi connectivity index (χ0v) is 15.2. The summed E-state index contributed by atoms with van der Waals surface area (Å²) in [6.45, 7) is 2.54. The van der Waals surface area contributed by atoms with Crippen LogP contribution in [0.1, 0.15) is 11.8 Å². The van der Waals surface area contributed by atoms with Gasteiger partial charge < -0.3 is 15.0 Å². The number of aromatic amines is 1. The lowest BCUT2D eigenvalue weighted by atomic mass is 10.3. The molecule has 2 heterocycles. The van der Waals surface area contributed by atoms with Gasteiger partial charge in [-0.3, -0.25) is 4.79 Å². The number of methoxy groups -OCH3 is 1. The summed E-state index contributed by atoms with van der Waals surface area (Å²) in [5, 5.41) is 5.55. The molecule has 0 aliphatic carbocycles. The number of thioether (sulfide) groups is 1. The van der Waals surface area contributed by atoms with Crippen LogP contribution < -0.4 is 10.1 Å². The first kappa shape index (κ1) is 16.9. The Balaban J connectivity index is 1.55. The summed E-state index contributed by atoms with van der Waals surface area (Å²) in [6, 6.07) is 9.78. The fourth-order valence-corrected chi connectivity index (χ4v) is 3.83. The molecule has 0 unspecified atom stereocenters. The summed E-state index contributed by atoms with van der Waals surface area (Å²) in [5.41, 5.74) is 1.77. The number of imidazole rings is 1. The largest absolute Gasteiger partial charge is 0.497 e. The predicted octanol–water partition coefficient (Wildman–Crippen LogP) is 3.47. The molecule has 1 amide bonds. The van der Waals surface area contributed by atoms with E-state index in [1.165, 1.54) is 16.6 Å². The van der Waals surface area contributed by atoms with E-state index < -0.39 is 0 Å². The molecule has 3 rings (SSSR count). The molecule has 0 aliphatic heterocycles. The van der Waals surface area contributed by atoms with Crippen LogP contribution in [0.5, 0.6) is 5.75 Å². The lowest BCUT2D eigenvalue weighted by Gasteiger charge is -2.09. The summed E-state index contributed by atoms with van der Waals surface area (Å²) in [4.78, 5) is 21.2. The summed E-state index contributed by atoms with van der Waals surface area (Å²) in [7, 11) is 1.63. The molecule has 24 heavy (non-hydrogen) atoms. The molecule has 5 nitrogen and oxygen atoms in total. The minimum Gasteiger partial charge on any atom is -0.497 e. The van der Waals surface area contributed by atoms with Crippen molar-refractivity contribution in [3.63, 3.8) is 0 Å². The Hall–Kier alpha value is -1.99. The summed E-state index contributed by atoms with van der Waals surface area (Å²) < 4.78 is 5.21. The number of hydrogen-bond donors (Lipinski definition) is 2. The number of amides is 1. The molecule has 0 saturated heterocycles. The van der Waals surface area contributed by atoms with Gasteiger partial charge in [-0.15, -0.1) is 11.3 Å². The van der Waals surface area contributed by atoms with Crippen LogP contribution in [0.15, 0.2) is 40.9 Å². The topological polar surface area (TPSA) is 67.0 Å². The van der Waals surface area contributed by atoms with Crippen molar-refractivity contribution in [2.45, 2.75) is 23.8 Å². The van der Waals surface area contributed by atoms with Crippen LogP contribution in [0.2, 0.25) is 0 Å². The Kier molecular flexibility index (Phi) is 5.42. The number of benzene rings is 1. The quantitative estimate of drug-likeness (QED) is 0.632. The Morgan fingerprint density at radius 1 is 1.46 bits per heavy atom. The van der Waals surface area contributed by atoms with Crippen molar-refractivity contribution in [3.8, 4) is 5.75 Å². The molecule has 0 fully saturated rings. The first-order valence-electron chi connectivity index (χ1n) is 7.66. The van der Waals surface area contributed by atoms with Crippen molar-refractivity contribution in [2.24, 2.45) is 0 Å². The number of carbonyl (C=O) groups is 1. The summed E-state index contributed by atoms with van der Waals surface area (Å²) >= 11 is 3.13. The number of nitrogens with zero attached hydrogens (tertiary/aromatic N) is 1. The number of H-pyrrole nitrogens is 1. The van der Waals surface area contributed by atoms with E-state index in [1.807, 2.05) is 36.6 Å². The molecule has 0 aliphatic rings. The number of aromatic nitrogens is 2. The second-order valence-corrected chi connectivity index (χ2v) is 7.67. The Labute approximate surface area is 148 Å². The van der Waals surface area contributed by atoms with Gasteiger partial charge in [0, 0.05) is 17.5 Å². The zero-order valence-electron chi connectivity index (χ0n) is 13.5. The normalized spacial score (nSPS) is 12.2. The average Bonchev–Trinajstić information content (AvgIpc) is 3.22. The van der Waals surface area contributed by atoms with Crippen LogP contribution in [0.4, 0.5) is 0 Å². The van der Waals surface area contributed by atoms with Crippen LogP contribution in [0.3, 0.4) is 0 Å². The van der Waals surface area contributed by atoms with Crippen molar-refractivity contribution >= 4 is 40.0 Å². The Bertz CT molecular complexity index is 814. The van der Waals surface area contributed by atoms with Gasteiger partial charge in [0.1, 0.15) is 5.75 Å². The SMILES string of the molecule is COc1ccc2nc(S[C@H](C)C(=O)NCCc3cccs3)[nH]c2c1. The minimum atomic E-state index is -0.212. The average molecular weight is 361 g/mol. The second-order valence-electron chi connectivity index (χ2n) is 5.31. The number of hydrogen-bond acceptors (Lipinski definition) is 5. The van der Waals surface area contributed by atoms with Gasteiger partial charge in [-0.05, 0) is 36.9 Å². The maximum Gasteiger partial charge on any atom is 0.233 e. The first-order chi connectivity index (χ1) is 11.7. The highest BCUT2D eigenvalue weighted by Gasteiger charge is 2.16. The Morgan fingerprint density at radius 3 is 3.08 bits per heavy atom. The van der Waals surface area contributed by atoms with E-state index in [1.54, 1.807) is 18.4 Å². The van der Waals surface area contributed by atoms with Crippen molar-refractivity contribution in [2.75, 3.05) is 13.7 Å². The molecular weight excluding hydrogens is 342 g/mol. The molecule has 3 aromatic rings. The molecule has 2 N–H and O–H groups in total. The van der Waals surface area contributed by atoms with Crippen molar-refractivity contribution < 1.29 is 9.53 Å². The smallest absolute Gasteiger partial charge is 0.233 e. The van der Waals surface area contributed by atoms with Gasteiger partial charge in [0.2, 0.25) is 5.91 Å². The number of carbonyl (C=O) groups excluding carboxylic acids is 1. The number of fused-ring (bicyclic) bond motifs is 1. The first-order valence-corrected chi connectivity index (χ1v) is 9.42. The molecule has 7 heteroatoms. The van der Waals surface area contributed by atoms with E-state index in [0.717, 1.165) is 28.4 Å². The summed E-state index contributed by atoms with van der Waals surface area (Å²) in [5.74, 6) is 0.802. The van der Waals surface area contributed by atoms with Gasteiger partial charge in [0.05, 0.1) is 23.4 Å². The number of ether oxygens (including phenoxy) is 1. The third kappa shape index (κ3) is 4.10. The molecule has 0 radical (unpaired) electrons. The highest BCUT2D eigenvalue weighted by Crippen LogP contribution is 2.25. The van der Waals surface area contributed by atoms with Crippen molar-refractivity contribution in [1.29, 1.82) is 0 Å². The molecule has 1 aromatic carbocycles. The van der Waals surface area contributed by atoms with Crippen molar-refractivity contribution in [1.82, 2.24) is 15.3 Å². The van der Waals surface area contributed by atoms with Crippen LogP contribution in [-0.2, 0) is 11.2 Å². The lowest BCUT2D eigenvalue weighted by Crippen LogP contribution is -2.32. The number of thiophene rings is 1. The highest BCUT2D eigenvalue weighted by molar-refractivity contribution is 8.00. The molecule has 0 bridgehead atoms.